The van der Waals surface area contributed by atoms with E-state index in [1.807, 2.05) is 12.1 Å². The third-order valence-corrected chi connectivity index (χ3v) is 4.63. The van der Waals surface area contributed by atoms with Crippen LogP contribution >= 0.6 is 11.8 Å². The van der Waals surface area contributed by atoms with E-state index in [9.17, 15) is 0 Å². The van der Waals surface area contributed by atoms with Gasteiger partial charge >= 0.3 is 0 Å². The zero-order valence-corrected chi connectivity index (χ0v) is 12.9. The third-order valence-electron chi connectivity index (χ3n) is 3.58. The van der Waals surface area contributed by atoms with Gasteiger partial charge in [0, 0.05) is 12.1 Å². The first kappa shape index (κ1) is 16.0. The Kier molecular flexibility index (Phi) is 6.69. The summed E-state index contributed by atoms with van der Waals surface area (Å²) in [5.41, 5.74) is 6.18. The topological polar surface area (TPSA) is 79.9 Å². The molecule has 0 radical (unpaired) electrons. The van der Waals surface area contributed by atoms with Gasteiger partial charge in [-0.25, -0.2) is 0 Å². The van der Waals surface area contributed by atoms with Crippen LogP contribution in [0.5, 0.6) is 5.75 Å². The minimum atomic E-state index is 0.105. The molecule has 0 unspecified atom stereocenters. The predicted octanol–water partition coefficient (Wildman–Crippen LogP) is 1.89. The summed E-state index contributed by atoms with van der Waals surface area (Å²) in [5.74, 6) is 4.32. The fourth-order valence-corrected chi connectivity index (χ4v) is 3.48. The van der Waals surface area contributed by atoms with Crippen molar-refractivity contribution >= 4 is 17.6 Å². The first-order chi connectivity index (χ1) is 10.3. The average molecular weight is 309 g/mol. The Bertz CT molecular complexity index is 445. The van der Waals surface area contributed by atoms with E-state index >= 15 is 0 Å². The zero-order valence-electron chi connectivity index (χ0n) is 12.1. The van der Waals surface area contributed by atoms with Crippen LogP contribution in [0.15, 0.2) is 29.4 Å². The van der Waals surface area contributed by atoms with Gasteiger partial charge in [0.2, 0.25) is 0 Å². The van der Waals surface area contributed by atoms with Crippen LogP contribution in [0.2, 0.25) is 0 Å². The molecule has 0 bridgehead atoms. The molecule has 1 saturated heterocycles. The lowest BCUT2D eigenvalue weighted by Gasteiger charge is -2.21. The van der Waals surface area contributed by atoms with E-state index < -0.39 is 0 Å². The van der Waals surface area contributed by atoms with Crippen molar-refractivity contribution in [2.24, 2.45) is 16.8 Å². The van der Waals surface area contributed by atoms with Gasteiger partial charge in [0.25, 0.3) is 0 Å². The molecular formula is C15H23N3O2S. The van der Waals surface area contributed by atoms with Crippen molar-refractivity contribution in [2.45, 2.75) is 12.8 Å². The molecule has 0 aliphatic carbocycles. The molecule has 4 N–H and O–H groups in total. The quantitative estimate of drug-likeness (QED) is 0.236. The number of hydrogen-bond acceptors (Lipinski definition) is 5. The molecule has 6 heteroatoms. The summed E-state index contributed by atoms with van der Waals surface area (Å²) in [6, 6.07) is 7.20. The van der Waals surface area contributed by atoms with Crippen LogP contribution < -0.4 is 15.8 Å². The molecule has 0 amide bonds. The van der Waals surface area contributed by atoms with Crippen molar-refractivity contribution in [1.29, 1.82) is 0 Å². The van der Waals surface area contributed by atoms with Gasteiger partial charge < -0.3 is 21.0 Å². The monoisotopic (exact) mass is 309 g/mol. The normalized spacial score (nSPS) is 16.9. The third kappa shape index (κ3) is 5.47. The van der Waals surface area contributed by atoms with E-state index in [0.717, 1.165) is 24.8 Å². The highest BCUT2D eigenvalue weighted by Crippen LogP contribution is 2.21. The Balaban J connectivity index is 1.62. The van der Waals surface area contributed by atoms with E-state index in [0.29, 0.717) is 12.2 Å². The Morgan fingerprint density at radius 1 is 1.33 bits per heavy atom. The van der Waals surface area contributed by atoms with Crippen LogP contribution in [-0.2, 0) is 0 Å². The van der Waals surface area contributed by atoms with Crippen molar-refractivity contribution < 1.29 is 9.94 Å². The maximum atomic E-state index is 8.59. The molecule has 0 spiro atoms. The molecule has 5 nitrogen and oxygen atoms in total. The number of oxime groups is 1. The SMILES string of the molecule is N/C(=N/O)c1ccc(OCCNCC2CCSCC2)cc1. The summed E-state index contributed by atoms with van der Waals surface area (Å²) < 4.78 is 5.65. The lowest BCUT2D eigenvalue weighted by molar-refractivity contribution is 0.307. The first-order valence-corrected chi connectivity index (χ1v) is 8.44. The number of nitrogens with two attached hydrogens (primary N) is 1. The molecule has 116 valence electrons. The van der Waals surface area contributed by atoms with Crippen molar-refractivity contribution in [3.63, 3.8) is 0 Å². The second-order valence-electron chi connectivity index (χ2n) is 5.12. The van der Waals surface area contributed by atoms with Crippen molar-refractivity contribution in [2.75, 3.05) is 31.2 Å². The lowest BCUT2D eigenvalue weighted by Crippen LogP contribution is -2.29. The molecule has 1 heterocycles. The number of amidine groups is 1. The standard InChI is InChI=1S/C15H23N3O2S/c16-15(18-19)13-1-3-14(4-2-13)20-8-7-17-11-12-5-9-21-10-6-12/h1-4,12,17,19H,5-11H2,(H2,16,18). The maximum absolute atomic E-state index is 8.59. The molecule has 0 aromatic heterocycles. The highest BCUT2D eigenvalue weighted by atomic mass is 32.2. The molecule has 1 aromatic rings. The largest absolute Gasteiger partial charge is 0.492 e. The number of rotatable bonds is 7. The van der Waals surface area contributed by atoms with Gasteiger partial charge in [0.15, 0.2) is 5.84 Å². The molecule has 1 aromatic carbocycles. The molecule has 2 rings (SSSR count). The minimum absolute atomic E-state index is 0.105. The first-order valence-electron chi connectivity index (χ1n) is 7.29. The van der Waals surface area contributed by atoms with Crippen molar-refractivity contribution in [3.05, 3.63) is 29.8 Å². The van der Waals surface area contributed by atoms with Crippen molar-refractivity contribution in [1.82, 2.24) is 5.32 Å². The average Bonchev–Trinajstić information content (AvgIpc) is 2.55. The summed E-state index contributed by atoms with van der Waals surface area (Å²) in [4.78, 5) is 0. The Morgan fingerprint density at radius 3 is 2.71 bits per heavy atom. The molecule has 21 heavy (non-hydrogen) atoms. The van der Waals surface area contributed by atoms with Gasteiger partial charge in [-0.05, 0) is 61.1 Å². The molecule has 0 atom stereocenters. The van der Waals surface area contributed by atoms with Gasteiger partial charge in [-0.15, -0.1) is 0 Å². The summed E-state index contributed by atoms with van der Waals surface area (Å²) in [5, 5.41) is 15.0. The molecule has 0 saturated carbocycles. The second-order valence-corrected chi connectivity index (χ2v) is 6.34. The van der Waals surface area contributed by atoms with Gasteiger partial charge in [0.1, 0.15) is 12.4 Å². The van der Waals surface area contributed by atoms with Crippen LogP contribution in [-0.4, -0.2) is 42.2 Å². The molecule has 1 aliphatic rings. The predicted molar refractivity (Wildman–Crippen MR) is 87.4 cm³/mol. The summed E-state index contributed by atoms with van der Waals surface area (Å²) in [6.07, 6.45) is 2.65. The fraction of sp³-hybridized carbons (Fsp3) is 0.533. The highest BCUT2D eigenvalue weighted by Gasteiger charge is 2.12. The maximum Gasteiger partial charge on any atom is 0.170 e. The fourth-order valence-electron chi connectivity index (χ4n) is 2.28. The summed E-state index contributed by atoms with van der Waals surface area (Å²) in [7, 11) is 0. The van der Waals surface area contributed by atoms with Gasteiger partial charge in [-0.3, -0.25) is 0 Å². The highest BCUT2D eigenvalue weighted by molar-refractivity contribution is 7.99. The van der Waals surface area contributed by atoms with E-state index in [1.54, 1.807) is 12.1 Å². The molecule has 1 fully saturated rings. The number of ether oxygens (including phenoxy) is 1. The Hall–Kier alpha value is -1.40. The van der Waals surface area contributed by atoms with E-state index in [2.05, 4.69) is 22.2 Å². The minimum Gasteiger partial charge on any atom is -0.492 e. The molecular weight excluding hydrogens is 286 g/mol. The van der Waals surface area contributed by atoms with Crippen LogP contribution in [0.3, 0.4) is 0 Å². The lowest BCUT2D eigenvalue weighted by atomic mass is 10.0. The summed E-state index contributed by atoms with van der Waals surface area (Å²) >= 11 is 2.06. The van der Waals surface area contributed by atoms with Gasteiger partial charge in [0.05, 0.1) is 0 Å². The van der Waals surface area contributed by atoms with Gasteiger partial charge in [-0.2, -0.15) is 11.8 Å². The summed E-state index contributed by atoms with van der Waals surface area (Å²) in [6.45, 7) is 2.59. The van der Waals surface area contributed by atoms with Crippen LogP contribution in [0.4, 0.5) is 0 Å². The van der Waals surface area contributed by atoms with Crippen LogP contribution in [0.25, 0.3) is 0 Å². The van der Waals surface area contributed by atoms with E-state index in [-0.39, 0.29) is 5.84 Å². The Labute approximate surface area is 129 Å². The number of thioether (sulfide) groups is 1. The second kappa shape index (κ2) is 8.79. The van der Waals surface area contributed by atoms with Crippen molar-refractivity contribution in [3.8, 4) is 5.75 Å². The number of benzene rings is 1. The van der Waals surface area contributed by atoms with E-state index in [1.165, 1.54) is 24.3 Å². The van der Waals surface area contributed by atoms with Crippen LogP contribution in [0.1, 0.15) is 18.4 Å². The van der Waals surface area contributed by atoms with E-state index in [4.69, 9.17) is 15.7 Å². The Morgan fingerprint density at radius 2 is 2.05 bits per heavy atom. The number of nitrogens with one attached hydrogen (secondary N) is 1. The van der Waals surface area contributed by atoms with Crippen LogP contribution in [0, 0.1) is 5.92 Å². The number of nitrogens with zero attached hydrogens (tertiary/aromatic N) is 1. The van der Waals surface area contributed by atoms with Gasteiger partial charge in [-0.1, -0.05) is 5.16 Å². The molecule has 1 aliphatic heterocycles. The smallest absolute Gasteiger partial charge is 0.170 e. The number of hydrogen-bond donors (Lipinski definition) is 3. The zero-order chi connectivity index (χ0) is 14.9.